The molecule has 0 spiro atoms. The van der Waals surface area contributed by atoms with Crippen molar-refractivity contribution in [2.24, 2.45) is 11.8 Å². The first-order chi connectivity index (χ1) is 8.47. The lowest BCUT2D eigenvalue weighted by atomic mass is 10.0. The van der Waals surface area contributed by atoms with Crippen molar-refractivity contribution in [1.82, 2.24) is 4.90 Å². The van der Waals surface area contributed by atoms with Gasteiger partial charge in [0.15, 0.2) is 0 Å². The zero-order valence-electron chi connectivity index (χ0n) is 13.1. The van der Waals surface area contributed by atoms with Gasteiger partial charge in [-0.05, 0) is 44.4 Å². The van der Waals surface area contributed by atoms with E-state index in [1.807, 2.05) is 0 Å². The SMILES string of the molecule is CC(C)CCC(C)OC1CCN(CC(C)C)CC1. The molecule has 0 aromatic rings. The molecule has 1 aliphatic heterocycles. The Balaban J connectivity index is 2.14. The van der Waals surface area contributed by atoms with Crippen molar-refractivity contribution in [3.63, 3.8) is 0 Å². The first-order valence-corrected chi connectivity index (χ1v) is 7.85. The number of likely N-dealkylation sites (tertiary alicyclic amines) is 1. The Labute approximate surface area is 114 Å². The van der Waals surface area contributed by atoms with Crippen LogP contribution in [-0.4, -0.2) is 36.7 Å². The van der Waals surface area contributed by atoms with Crippen molar-refractivity contribution in [1.29, 1.82) is 0 Å². The first-order valence-electron chi connectivity index (χ1n) is 7.85. The predicted molar refractivity (Wildman–Crippen MR) is 78.9 cm³/mol. The zero-order chi connectivity index (χ0) is 13.5. The van der Waals surface area contributed by atoms with Gasteiger partial charge in [0.05, 0.1) is 12.2 Å². The van der Waals surface area contributed by atoms with Gasteiger partial charge < -0.3 is 9.64 Å². The quantitative estimate of drug-likeness (QED) is 0.683. The van der Waals surface area contributed by atoms with Crippen molar-refractivity contribution in [3.8, 4) is 0 Å². The second-order valence-corrected chi connectivity index (χ2v) is 6.81. The van der Waals surface area contributed by atoms with Crippen LogP contribution in [0, 0.1) is 11.8 Å². The van der Waals surface area contributed by atoms with Gasteiger partial charge in [-0.3, -0.25) is 0 Å². The lowest BCUT2D eigenvalue weighted by Crippen LogP contribution is -2.39. The fourth-order valence-electron chi connectivity index (χ4n) is 2.71. The Morgan fingerprint density at radius 2 is 1.56 bits per heavy atom. The molecule has 0 saturated carbocycles. The van der Waals surface area contributed by atoms with E-state index in [0.29, 0.717) is 12.2 Å². The minimum atomic E-state index is 0.439. The van der Waals surface area contributed by atoms with Crippen LogP contribution in [0.5, 0.6) is 0 Å². The maximum Gasteiger partial charge on any atom is 0.0603 e. The Morgan fingerprint density at radius 1 is 0.944 bits per heavy atom. The molecule has 0 amide bonds. The van der Waals surface area contributed by atoms with E-state index in [2.05, 4.69) is 39.5 Å². The van der Waals surface area contributed by atoms with Gasteiger partial charge in [0, 0.05) is 19.6 Å². The maximum atomic E-state index is 6.17. The average molecular weight is 255 g/mol. The summed E-state index contributed by atoms with van der Waals surface area (Å²) in [5.74, 6) is 1.58. The molecule has 1 fully saturated rings. The Morgan fingerprint density at radius 3 is 2.06 bits per heavy atom. The summed E-state index contributed by atoms with van der Waals surface area (Å²) in [6, 6.07) is 0. The molecule has 2 heteroatoms. The summed E-state index contributed by atoms with van der Waals surface area (Å²) in [5, 5.41) is 0. The summed E-state index contributed by atoms with van der Waals surface area (Å²) in [6.07, 6.45) is 5.89. The van der Waals surface area contributed by atoms with Gasteiger partial charge in [-0.25, -0.2) is 0 Å². The standard InChI is InChI=1S/C16H33NO/c1-13(2)6-7-15(5)18-16-8-10-17(11-9-16)12-14(3)4/h13-16H,6-12H2,1-5H3. The summed E-state index contributed by atoms with van der Waals surface area (Å²) >= 11 is 0. The molecule has 1 atom stereocenters. The number of rotatable bonds is 7. The van der Waals surface area contributed by atoms with Crippen LogP contribution in [0.15, 0.2) is 0 Å². The second kappa shape index (κ2) is 8.16. The average Bonchev–Trinajstić information content (AvgIpc) is 2.28. The van der Waals surface area contributed by atoms with E-state index in [-0.39, 0.29) is 0 Å². The fraction of sp³-hybridized carbons (Fsp3) is 1.00. The molecule has 108 valence electrons. The van der Waals surface area contributed by atoms with Gasteiger partial charge >= 0.3 is 0 Å². The molecule has 1 rings (SSSR count). The van der Waals surface area contributed by atoms with E-state index >= 15 is 0 Å². The highest BCUT2D eigenvalue weighted by atomic mass is 16.5. The maximum absolute atomic E-state index is 6.17. The lowest BCUT2D eigenvalue weighted by molar-refractivity contribution is -0.0401. The third kappa shape index (κ3) is 6.75. The van der Waals surface area contributed by atoms with Gasteiger partial charge in [0.1, 0.15) is 0 Å². The van der Waals surface area contributed by atoms with E-state index in [0.717, 1.165) is 11.8 Å². The van der Waals surface area contributed by atoms with Gasteiger partial charge in [-0.2, -0.15) is 0 Å². The number of hydrogen-bond acceptors (Lipinski definition) is 2. The molecule has 1 unspecified atom stereocenters. The summed E-state index contributed by atoms with van der Waals surface area (Å²) in [7, 11) is 0. The Hall–Kier alpha value is -0.0800. The van der Waals surface area contributed by atoms with E-state index in [9.17, 15) is 0 Å². The highest BCUT2D eigenvalue weighted by molar-refractivity contribution is 4.74. The summed E-state index contributed by atoms with van der Waals surface area (Å²) in [6.45, 7) is 15.1. The molecule has 0 aromatic heterocycles. The molecule has 0 aliphatic carbocycles. The van der Waals surface area contributed by atoms with Crippen LogP contribution in [0.1, 0.15) is 60.3 Å². The molecule has 0 aromatic carbocycles. The summed E-state index contributed by atoms with van der Waals surface area (Å²) in [5.41, 5.74) is 0. The normalized spacial score (nSPS) is 20.8. The molecule has 1 saturated heterocycles. The van der Waals surface area contributed by atoms with Crippen LogP contribution in [-0.2, 0) is 4.74 Å². The molecule has 18 heavy (non-hydrogen) atoms. The molecular weight excluding hydrogens is 222 g/mol. The van der Waals surface area contributed by atoms with E-state index < -0.39 is 0 Å². The minimum Gasteiger partial charge on any atom is -0.375 e. The van der Waals surface area contributed by atoms with Crippen LogP contribution in [0.25, 0.3) is 0 Å². The van der Waals surface area contributed by atoms with Gasteiger partial charge in [-0.15, -0.1) is 0 Å². The smallest absolute Gasteiger partial charge is 0.0603 e. The Bertz CT molecular complexity index is 207. The van der Waals surface area contributed by atoms with Crippen molar-refractivity contribution in [3.05, 3.63) is 0 Å². The van der Waals surface area contributed by atoms with Gasteiger partial charge in [0.25, 0.3) is 0 Å². The summed E-state index contributed by atoms with van der Waals surface area (Å²) < 4.78 is 6.17. The predicted octanol–water partition coefficient (Wildman–Crippen LogP) is 3.95. The highest BCUT2D eigenvalue weighted by Crippen LogP contribution is 2.18. The fourth-order valence-corrected chi connectivity index (χ4v) is 2.71. The third-order valence-electron chi connectivity index (χ3n) is 3.73. The van der Waals surface area contributed by atoms with Crippen molar-refractivity contribution >= 4 is 0 Å². The number of piperidine rings is 1. The second-order valence-electron chi connectivity index (χ2n) is 6.81. The van der Waals surface area contributed by atoms with Crippen molar-refractivity contribution < 1.29 is 4.74 Å². The number of nitrogens with zero attached hydrogens (tertiary/aromatic N) is 1. The molecule has 0 N–H and O–H groups in total. The van der Waals surface area contributed by atoms with Crippen LogP contribution in [0.4, 0.5) is 0 Å². The minimum absolute atomic E-state index is 0.439. The molecule has 0 bridgehead atoms. The van der Waals surface area contributed by atoms with Crippen LogP contribution < -0.4 is 0 Å². The highest BCUT2D eigenvalue weighted by Gasteiger charge is 2.21. The molecule has 0 radical (unpaired) electrons. The summed E-state index contributed by atoms with van der Waals surface area (Å²) in [4.78, 5) is 2.59. The van der Waals surface area contributed by atoms with Crippen molar-refractivity contribution in [2.75, 3.05) is 19.6 Å². The van der Waals surface area contributed by atoms with Crippen LogP contribution in [0.3, 0.4) is 0 Å². The third-order valence-corrected chi connectivity index (χ3v) is 3.73. The monoisotopic (exact) mass is 255 g/mol. The molecule has 1 aliphatic rings. The van der Waals surface area contributed by atoms with Gasteiger partial charge in [-0.1, -0.05) is 27.7 Å². The Kier molecular flexibility index (Phi) is 7.25. The van der Waals surface area contributed by atoms with E-state index in [1.54, 1.807) is 0 Å². The largest absolute Gasteiger partial charge is 0.375 e. The van der Waals surface area contributed by atoms with Crippen LogP contribution in [0.2, 0.25) is 0 Å². The molecular formula is C16H33NO. The van der Waals surface area contributed by atoms with Gasteiger partial charge in [0.2, 0.25) is 0 Å². The number of hydrogen-bond donors (Lipinski definition) is 0. The van der Waals surface area contributed by atoms with Crippen LogP contribution >= 0.6 is 0 Å². The first kappa shape index (κ1) is 16.0. The molecule has 1 heterocycles. The molecule has 2 nitrogen and oxygen atoms in total. The zero-order valence-corrected chi connectivity index (χ0v) is 13.1. The van der Waals surface area contributed by atoms with Crippen molar-refractivity contribution in [2.45, 2.75) is 72.5 Å². The topological polar surface area (TPSA) is 12.5 Å². The van der Waals surface area contributed by atoms with E-state index in [4.69, 9.17) is 4.74 Å². The number of ether oxygens (including phenoxy) is 1. The lowest BCUT2D eigenvalue weighted by Gasteiger charge is -2.34. The van der Waals surface area contributed by atoms with E-state index in [1.165, 1.54) is 45.3 Å².